The maximum absolute atomic E-state index is 11.5. The fourth-order valence-electron chi connectivity index (χ4n) is 1.82. The fraction of sp³-hybridized carbons (Fsp3) is 0.600. The van der Waals surface area contributed by atoms with Crippen LogP contribution in [0.25, 0.3) is 0 Å². The Balaban J connectivity index is 2.08. The molecule has 0 aliphatic heterocycles. The highest BCUT2D eigenvalue weighted by Gasteiger charge is 1.99. The topological polar surface area (TPSA) is 41.5 Å². The van der Waals surface area contributed by atoms with Crippen molar-refractivity contribution in [1.82, 2.24) is 5.43 Å². The minimum absolute atomic E-state index is 0.0135. The molecule has 1 heterocycles. The van der Waals surface area contributed by atoms with Crippen LogP contribution in [0.5, 0.6) is 0 Å². The van der Waals surface area contributed by atoms with Gasteiger partial charge in [-0.25, -0.2) is 5.43 Å². The van der Waals surface area contributed by atoms with Gasteiger partial charge in [-0.05, 0) is 24.8 Å². The van der Waals surface area contributed by atoms with E-state index in [2.05, 4.69) is 17.5 Å². The molecule has 0 fully saturated rings. The largest absolute Gasteiger partial charge is 0.273 e. The predicted octanol–water partition coefficient (Wildman–Crippen LogP) is 4.26. The third kappa shape index (κ3) is 7.11. The Morgan fingerprint density at radius 3 is 2.74 bits per heavy atom. The van der Waals surface area contributed by atoms with Gasteiger partial charge in [-0.2, -0.15) is 5.10 Å². The van der Waals surface area contributed by atoms with E-state index < -0.39 is 0 Å². The number of aryl methyl sites for hydroxylation is 1. The minimum Gasteiger partial charge on any atom is -0.273 e. The van der Waals surface area contributed by atoms with E-state index in [-0.39, 0.29) is 5.91 Å². The number of amides is 1. The van der Waals surface area contributed by atoms with Crippen molar-refractivity contribution in [3.8, 4) is 0 Å². The summed E-state index contributed by atoms with van der Waals surface area (Å²) in [5.74, 6) is 0.0135. The molecule has 1 rings (SSSR count). The van der Waals surface area contributed by atoms with E-state index in [4.69, 9.17) is 0 Å². The summed E-state index contributed by atoms with van der Waals surface area (Å²) in [6.45, 7) is 4.25. The number of carbonyl (C=O) groups excluding carboxylic acids is 1. The lowest BCUT2D eigenvalue weighted by Crippen LogP contribution is -2.16. The molecule has 4 heteroatoms. The van der Waals surface area contributed by atoms with E-state index in [0.29, 0.717) is 6.42 Å². The number of hydrogen-bond donors (Lipinski definition) is 1. The van der Waals surface area contributed by atoms with Gasteiger partial charge in [0.25, 0.3) is 0 Å². The molecule has 1 amide bonds. The molecule has 0 saturated carbocycles. The van der Waals surface area contributed by atoms with E-state index in [0.717, 1.165) is 18.4 Å². The van der Waals surface area contributed by atoms with Crippen LogP contribution in [0.4, 0.5) is 0 Å². The van der Waals surface area contributed by atoms with Crippen molar-refractivity contribution < 1.29 is 4.79 Å². The highest BCUT2D eigenvalue weighted by atomic mass is 32.1. The second kappa shape index (κ2) is 9.73. The quantitative estimate of drug-likeness (QED) is 0.410. The predicted molar refractivity (Wildman–Crippen MR) is 82.8 cm³/mol. The van der Waals surface area contributed by atoms with E-state index in [9.17, 15) is 4.79 Å². The van der Waals surface area contributed by atoms with Gasteiger partial charge in [0.05, 0.1) is 6.21 Å². The molecular formula is C15H24N2OS. The number of thiophene rings is 1. The van der Waals surface area contributed by atoms with Gasteiger partial charge >= 0.3 is 0 Å². The summed E-state index contributed by atoms with van der Waals surface area (Å²) in [6, 6.07) is 2.00. The molecule has 0 spiro atoms. The first-order chi connectivity index (χ1) is 9.24. The maximum Gasteiger partial charge on any atom is 0.240 e. The van der Waals surface area contributed by atoms with Crippen LogP contribution in [0, 0.1) is 6.92 Å². The number of hydrogen-bond acceptors (Lipinski definition) is 3. The molecular weight excluding hydrogens is 256 g/mol. The fourth-order valence-corrected chi connectivity index (χ4v) is 2.50. The number of carbonyl (C=O) groups is 1. The van der Waals surface area contributed by atoms with Crippen LogP contribution in [0.15, 0.2) is 16.5 Å². The molecule has 3 nitrogen and oxygen atoms in total. The Kier molecular flexibility index (Phi) is 8.14. The Morgan fingerprint density at radius 1 is 1.32 bits per heavy atom. The average molecular weight is 280 g/mol. The molecule has 0 atom stereocenters. The maximum atomic E-state index is 11.5. The van der Waals surface area contributed by atoms with Gasteiger partial charge in [0.1, 0.15) is 0 Å². The van der Waals surface area contributed by atoms with E-state index in [1.807, 2.05) is 18.4 Å². The molecule has 0 unspecified atom stereocenters. The standard InChI is InChI=1S/C15H24N2OS/c1-3-4-5-6-7-8-9-15(18)17-16-12-14-10-11-19-13(14)2/h10-12H,3-9H2,1-2H3,(H,17,18). The zero-order valence-corrected chi connectivity index (χ0v) is 12.8. The monoisotopic (exact) mass is 280 g/mol. The Labute approximate surface area is 120 Å². The van der Waals surface area contributed by atoms with Crippen molar-refractivity contribution >= 4 is 23.5 Å². The van der Waals surface area contributed by atoms with Gasteiger partial charge in [0.2, 0.25) is 5.91 Å². The zero-order valence-electron chi connectivity index (χ0n) is 11.9. The molecule has 1 aromatic heterocycles. The second-order valence-electron chi connectivity index (χ2n) is 4.74. The molecule has 106 valence electrons. The Bertz CT molecular complexity index is 399. The van der Waals surface area contributed by atoms with Crippen LogP contribution >= 0.6 is 11.3 Å². The third-order valence-electron chi connectivity index (χ3n) is 3.05. The molecule has 19 heavy (non-hydrogen) atoms. The van der Waals surface area contributed by atoms with Crippen LogP contribution in [-0.2, 0) is 4.79 Å². The van der Waals surface area contributed by atoms with Crippen molar-refractivity contribution in [2.24, 2.45) is 5.10 Å². The number of nitrogens with zero attached hydrogens (tertiary/aromatic N) is 1. The zero-order chi connectivity index (χ0) is 13.9. The first-order valence-corrected chi connectivity index (χ1v) is 7.98. The second-order valence-corrected chi connectivity index (χ2v) is 5.86. The minimum atomic E-state index is 0.0135. The molecule has 0 aromatic carbocycles. The van der Waals surface area contributed by atoms with Gasteiger partial charge in [0, 0.05) is 16.9 Å². The highest BCUT2D eigenvalue weighted by Crippen LogP contribution is 2.12. The van der Waals surface area contributed by atoms with Gasteiger partial charge in [-0.15, -0.1) is 11.3 Å². The molecule has 0 saturated heterocycles. The number of nitrogens with one attached hydrogen (secondary N) is 1. The van der Waals surface area contributed by atoms with Crippen LogP contribution in [0.2, 0.25) is 0 Å². The van der Waals surface area contributed by atoms with Crippen molar-refractivity contribution in [2.45, 2.75) is 58.8 Å². The van der Waals surface area contributed by atoms with E-state index >= 15 is 0 Å². The molecule has 1 N–H and O–H groups in total. The first-order valence-electron chi connectivity index (χ1n) is 7.10. The van der Waals surface area contributed by atoms with Crippen molar-refractivity contribution in [1.29, 1.82) is 0 Å². The van der Waals surface area contributed by atoms with Crippen LogP contribution < -0.4 is 5.43 Å². The first kappa shape index (κ1) is 15.9. The third-order valence-corrected chi connectivity index (χ3v) is 3.91. The van der Waals surface area contributed by atoms with Gasteiger partial charge in [0.15, 0.2) is 0 Å². The van der Waals surface area contributed by atoms with Crippen molar-refractivity contribution in [3.63, 3.8) is 0 Å². The van der Waals surface area contributed by atoms with Gasteiger partial charge in [-0.3, -0.25) is 4.79 Å². The molecule has 0 aliphatic carbocycles. The normalized spacial score (nSPS) is 11.1. The summed E-state index contributed by atoms with van der Waals surface area (Å²) >= 11 is 1.68. The summed E-state index contributed by atoms with van der Waals surface area (Å²) in [6.07, 6.45) is 9.47. The summed E-state index contributed by atoms with van der Waals surface area (Å²) in [7, 11) is 0. The van der Waals surface area contributed by atoms with E-state index in [1.54, 1.807) is 17.6 Å². The van der Waals surface area contributed by atoms with Gasteiger partial charge < -0.3 is 0 Å². The molecule has 0 aliphatic rings. The lowest BCUT2D eigenvalue weighted by molar-refractivity contribution is -0.121. The van der Waals surface area contributed by atoms with E-state index in [1.165, 1.54) is 30.6 Å². The summed E-state index contributed by atoms with van der Waals surface area (Å²) in [4.78, 5) is 12.7. The lowest BCUT2D eigenvalue weighted by Gasteiger charge is -2.00. The van der Waals surface area contributed by atoms with Crippen molar-refractivity contribution in [2.75, 3.05) is 0 Å². The molecule has 0 radical (unpaired) electrons. The highest BCUT2D eigenvalue weighted by molar-refractivity contribution is 7.10. The Morgan fingerprint density at radius 2 is 2.05 bits per heavy atom. The number of hydrazone groups is 1. The van der Waals surface area contributed by atoms with Crippen LogP contribution in [0.3, 0.4) is 0 Å². The number of rotatable bonds is 9. The van der Waals surface area contributed by atoms with Crippen LogP contribution in [-0.4, -0.2) is 12.1 Å². The molecule has 0 bridgehead atoms. The lowest BCUT2D eigenvalue weighted by atomic mass is 10.1. The summed E-state index contributed by atoms with van der Waals surface area (Å²) in [5.41, 5.74) is 3.66. The average Bonchev–Trinajstić information content (AvgIpc) is 2.79. The SMILES string of the molecule is CCCCCCCCC(=O)NN=Cc1ccsc1C. The number of unbranched alkanes of at least 4 members (excludes halogenated alkanes) is 5. The summed E-state index contributed by atoms with van der Waals surface area (Å²) in [5, 5.41) is 6.01. The smallest absolute Gasteiger partial charge is 0.240 e. The molecule has 1 aromatic rings. The summed E-state index contributed by atoms with van der Waals surface area (Å²) < 4.78 is 0. The van der Waals surface area contributed by atoms with Crippen molar-refractivity contribution in [3.05, 3.63) is 21.9 Å². The van der Waals surface area contributed by atoms with Crippen LogP contribution in [0.1, 0.15) is 62.3 Å². The Hall–Kier alpha value is -1.16. The van der Waals surface area contributed by atoms with Gasteiger partial charge in [-0.1, -0.05) is 39.0 Å².